The summed E-state index contributed by atoms with van der Waals surface area (Å²) in [5.41, 5.74) is 0. The van der Waals surface area contributed by atoms with E-state index in [0.717, 1.165) is 64.8 Å². The second-order valence-corrected chi connectivity index (χ2v) is 8.66. The summed E-state index contributed by atoms with van der Waals surface area (Å²) in [6.45, 7) is 21.0. The van der Waals surface area contributed by atoms with E-state index in [-0.39, 0.29) is 23.7 Å². The Morgan fingerprint density at radius 1 is 0.800 bits per heavy atom. The molecule has 6 nitrogen and oxygen atoms in total. The van der Waals surface area contributed by atoms with Crippen molar-refractivity contribution in [1.82, 2.24) is 21.3 Å². The van der Waals surface area contributed by atoms with Crippen molar-refractivity contribution in [1.29, 1.82) is 0 Å². The molecule has 0 aliphatic heterocycles. The third-order valence-corrected chi connectivity index (χ3v) is 5.02. The predicted octanol–water partition coefficient (Wildman–Crippen LogP) is 3.71. The summed E-state index contributed by atoms with van der Waals surface area (Å²) >= 11 is 0. The summed E-state index contributed by atoms with van der Waals surface area (Å²) in [5, 5.41) is 12.6. The Labute approximate surface area is 187 Å². The zero-order valence-electron chi connectivity index (χ0n) is 21.2. The van der Waals surface area contributed by atoms with E-state index in [4.69, 9.17) is 0 Å². The molecular formula is C24H52N4O2. The highest BCUT2D eigenvalue weighted by Crippen LogP contribution is 2.07. The lowest BCUT2D eigenvalue weighted by atomic mass is 10.0. The Balaban J connectivity index is 0. The van der Waals surface area contributed by atoms with Crippen LogP contribution in [0.2, 0.25) is 0 Å². The van der Waals surface area contributed by atoms with E-state index >= 15 is 0 Å². The summed E-state index contributed by atoms with van der Waals surface area (Å²) in [7, 11) is 0. The Hall–Kier alpha value is -1.14. The van der Waals surface area contributed by atoms with Crippen molar-refractivity contribution < 1.29 is 9.59 Å². The second kappa shape index (κ2) is 21.1. The summed E-state index contributed by atoms with van der Waals surface area (Å²) in [5.74, 6) is 1.09. The maximum Gasteiger partial charge on any atom is 0.222 e. The zero-order chi connectivity index (χ0) is 23.4. The van der Waals surface area contributed by atoms with E-state index in [1.165, 1.54) is 0 Å². The van der Waals surface area contributed by atoms with Gasteiger partial charge >= 0.3 is 0 Å². The molecule has 0 rings (SSSR count). The average molecular weight is 429 g/mol. The lowest BCUT2D eigenvalue weighted by Crippen LogP contribution is -2.41. The standard InChI is InChI=1S/C14H30N2O.C10H22N2O/c1-5-7-8-13(4)14(17)16-11-12(3)10-15-9-6-2;1-5-9(11-6-2)7-12-10(13)8(3)4/h12-13,15H,5-11H2,1-4H3,(H,16,17);8-9,11H,5-7H2,1-4H3,(H,12,13). The molecule has 0 spiro atoms. The van der Waals surface area contributed by atoms with Gasteiger partial charge in [-0.05, 0) is 44.8 Å². The molecule has 0 radical (unpaired) electrons. The van der Waals surface area contributed by atoms with Gasteiger partial charge in [0.2, 0.25) is 11.8 Å². The highest BCUT2D eigenvalue weighted by Gasteiger charge is 2.12. The molecular weight excluding hydrogens is 376 g/mol. The summed E-state index contributed by atoms with van der Waals surface area (Å²) in [6.07, 6.45) is 5.52. The average Bonchev–Trinajstić information content (AvgIpc) is 2.73. The van der Waals surface area contributed by atoms with Crippen LogP contribution in [0.1, 0.15) is 87.5 Å². The molecule has 6 heteroatoms. The van der Waals surface area contributed by atoms with Gasteiger partial charge in [-0.1, -0.05) is 68.2 Å². The number of carbonyl (C=O) groups is 2. The first kappa shape index (κ1) is 31.0. The molecule has 180 valence electrons. The number of unbranched alkanes of at least 4 members (excludes halogenated alkanes) is 1. The molecule has 3 atom stereocenters. The fourth-order valence-electron chi connectivity index (χ4n) is 2.77. The molecule has 4 N–H and O–H groups in total. The molecule has 2 amide bonds. The van der Waals surface area contributed by atoms with Gasteiger partial charge in [0.25, 0.3) is 0 Å². The van der Waals surface area contributed by atoms with E-state index in [0.29, 0.717) is 12.0 Å². The van der Waals surface area contributed by atoms with Crippen molar-refractivity contribution in [2.24, 2.45) is 17.8 Å². The van der Waals surface area contributed by atoms with Crippen LogP contribution in [0.3, 0.4) is 0 Å². The second-order valence-electron chi connectivity index (χ2n) is 8.66. The quantitative estimate of drug-likeness (QED) is 0.282. The van der Waals surface area contributed by atoms with Crippen LogP contribution >= 0.6 is 0 Å². The number of carbonyl (C=O) groups excluding carboxylic acids is 2. The fourth-order valence-corrected chi connectivity index (χ4v) is 2.77. The van der Waals surface area contributed by atoms with Gasteiger partial charge < -0.3 is 21.3 Å². The van der Waals surface area contributed by atoms with Gasteiger partial charge in [-0.2, -0.15) is 0 Å². The summed E-state index contributed by atoms with van der Waals surface area (Å²) < 4.78 is 0. The van der Waals surface area contributed by atoms with Crippen molar-refractivity contribution in [3.8, 4) is 0 Å². The minimum atomic E-state index is 0.0825. The summed E-state index contributed by atoms with van der Waals surface area (Å²) in [6, 6.07) is 0.410. The van der Waals surface area contributed by atoms with E-state index in [9.17, 15) is 9.59 Å². The largest absolute Gasteiger partial charge is 0.356 e. The van der Waals surface area contributed by atoms with Crippen LogP contribution in [0.25, 0.3) is 0 Å². The highest BCUT2D eigenvalue weighted by atomic mass is 16.2. The van der Waals surface area contributed by atoms with Crippen LogP contribution in [0, 0.1) is 17.8 Å². The number of nitrogens with one attached hydrogen (secondary N) is 4. The molecule has 0 aromatic rings. The summed E-state index contributed by atoms with van der Waals surface area (Å²) in [4.78, 5) is 23.0. The number of amides is 2. The first-order valence-corrected chi connectivity index (χ1v) is 12.2. The maximum absolute atomic E-state index is 11.8. The molecule has 3 unspecified atom stereocenters. The first-order chi connectivity index (χ1) is 14.2. The van der Waals surface area contributed by atoms with Crippen molar-refractivity contribution in [3.63, 3.8) is 0 Å². The van der Waals surface area contributed by atoms with Crippen LogP contribution < -0.4 is 21.3 Å². The topological polar surface area (TPSA) is 82.3 Å². The molecule has 0 bridgehead atoms. The molecule has 0 fully saturated rings. The Morgan fingerprint density at radius 2 is 1.43 bits per heavy atom. The van der Waals surface area contributed by atoms with E-state index < -0.39 is 0 Å². The SMILES string of the molecule is CCCCC(C)C(=O)NCC(C)CNCCC.CCNC(CC)CNC(=O)C(C)C. The highest BCUT2D eigenvalue weighted by molar-refractivity contribution is 5.78. The number of hydrogen-bond acceptors (Lipinski definition) is 4. The minimum Gasteiger partial charge on any atom is -0.356 e. The molecule has 0 aromatic heterocycles. The molecule has 0 aromatic carbocycles. The monoisotopic (exact) mass is 428 g/mol. The zero-order valence-corrected chi connectivity index (χ0v) is 21.2. The van der Waals surface area contributed by atoms with Crippen LogP contribution in [0.15, 0.2) is 0 Å². The first-order valence-electron chi connectivity index (χ1n) is 12.2. The van der Waals surface area contributed by atoms with E-state index in [1.54, 1.807) is 0 Å². The van der Waals surface area contributed by atoms with Crippen molar-refractivity contribution >= 4 is 11.8 Å². The molecule has 0 heterocycles. The van der Waals surface area contributed by atoms with E-state index in [1.807, 2.05) is 20.8 Å². The maximum atomic E-state index is 11.8. The van der Waals surface area contributed by atoms with Crippen molar-refractivity contribution in [2.45, 2.75) is 93.5 Å². The number of likely N-dealkylation sites (N-methyl/N-ethyl adjacent to an activating group) is 1. The van der Waals surface area contributed by atoms with Crippen LogP contribution in [-0.2, 0) is 9.59 Å². The van der Waals surface area contributed by atoms with Gasteiger partial charge in [0.1, 0.15) is 0 Å². The lowest BCUT2D eigenvalue weighted by molar-refractivity contribution is -0.125. The molecule has 0 aliphatic carbocycles. The minimum absolute atomic E-state index is 0.0825. The number of rotatable bonds is 16. The van der Waals surface area contributed by atoms with Gasteiger partial charge in [0.15, 0.2) is 0 Å². The molecule has 0 aliphatic rings. The molecule has 0 saturated carbocycles. The van der Waals surface area contributed by atoms with Gasteiger partial charge in [0.05, 0.1) is 0 Å². The Bertz CT molecular complexity index is 416. The normalized spacial score (nSPS) is 13.8. The van der Waals surface area contributed by atoms with Crippen molar-refractivity contribution in [3.05, 3.63) is 0 Å². The van der Waals surface area contributed by atoms with Gasteiger partial charge in [-0.25, -0.2) is 0 Å². The molecule has 0 saturated heterocycles. The van der Waals surface area contributed by atoms with Crippen molar-refractivity contribution in [2.75, 3.05) is 32.7 Å². The Morgan fingerprint density at radius 3 is 1.93 bits per heavy atom. The third-order valence-electron chi connectivity index (χ3n) is 5.02. The van der Waals surface area contributed by atoms with Crippen LogP contribution in [0.5, 0.6) is 0 Å². The number of hydrogen-bond donors (Lipinski definition) is 4. The van der Waals surface area contributed by atoms with Gasteiger partial charge in [-0.3, -0.25) is 9.59 Å². The lowest BCUT2D eigenvalue weighted by Gasteiger charge is -2.17. The smallest absolute Gasteiger partial charge is 0.222 e. The van der Waals surface area contributed by atoms with Gasteiger partial charge in [-0.15, -0.1) is 0 Å². The van der Waals surface area contributed by atoms with Crippen LogP contribution in [0.4, 0.5) is 0 Å². The Kier molecular flexibility index (Phi) is 21.8. The fraction of sp³-hybridized carbons (Fsp3) is 0.917. The molecule has 30 heavy (non-hydrogen) atoms. The van der Waals surface area contributed by atoms with E-state index in [2.05, 4.69) is 55.9 Å². The van der Waals surface area contributed by atoms with Crippen LogP contribution in [-0.4, -0.2) is 50.6 Å². The van der Waals surface area contributed by atoms with Gasteiger partial charge in [0, 0.05) is 31.0 Å². The third kappa shape index (κ3) is 18.9. The predicted molar refractivity (Wildman–Crippen MR) is 130 cm³/mol.